The standard InChI is InChI=1S/C16H15Cl2NO2S/c17-14-7-6-12(10-15(14)18)19-16(20)11-22-9-8-21-13-4-2-1-3-5-13/h1-7,10H,8-9,11H2,(H,19,20). The zero-order chi connectivity index (χ0) is 15.8. The summed E-state index contributed by atoms with van der Waals surface area (Å²) in [5.74, 6) is 1.86. The first-order valence-electron chi connectivity index (χ1n) is 6.65. The highest BCUT2D eigenvalue weighted by Crippen LogP contribution is 2.25. The number of benzene rings is 2. The molecular formula is C16H15Cl2NO2S. The van der Waals surface area contributed by atoms with Crippen LogP contribution in [0, 0.1) is 0 Å². The van der Waals surface area contributed by atoms with Crippen molar-refractivity contribution in [1.29, 1.82) is 0 Å². The topological polar surface area (TPSA) is 38.3 Å². The first kappa shape index (κ1) is 17.0. The number of hydrogen-bond acceptors (Lipinski definition) is 3. The summed E-state index contributed by atoms with van der Waals surface area (Å²) in [6, 6.07) is 14.6. The van der Waals surface area contributed by atoms with Crippen LogP contribution in [0.2, 0.25) is 10.0 Å². The smallest absolute Gasteiger partial charge is 0.234 e. The lowest BCUT2D eigenvalue weighted by molar-refractivity contribution is -0.113. The molecule has 0 bridgehead atoms. The molecule has 0 saturated heterocycles. The van der Waals surface area contributed by atoms with Gasteiger partial charge in [0.1, 0.15) is 5.75 Å². The van der Waals surface area contributed by atoms with Crippen molar-refractivity contribution in [3.05, 3.63) is 58.6 Å². The SMILES string of the molecule is O=C(CSCCOc1ccccc1)Nc1ccc(Cl)c(Cl)c1. The Hall–Kier alpha value is -1.36. The minimum absolute atomic E-state index is 0.0805. The molecule has 2 rings (SSSR count). The largest absolute Gasteiger partial charge is 0.493 e. The van der Waals surface area contributed by atoms with Crippen LogP contribution in [0.4, 0.5) is 5.69 Å². The average molecular weight is 356 g/mol. The van der Waals surface area contributed by atoms with Crippen molar-refractivity contribution < 1.29 is 9.53 Å². The third-order valence-electron chi connectivity index (χ3n) is 2.68. The second-order valence-electron chi connectivity index (χ2n) is 4.39. The van der Waals surface area contributed by atoms with Gasteiger partial charge in [-0.2, -0.15) is 0 Å². The van der Waals surface area contributed by atoms with Gasteiger partial charge in [-0.05, 0) is 30.3 Å². The molecule has 0 aliphatic rings. The van der Waals surface area contributed by atoms with E-state index in [9.17, 15) is 4.79 Å². The molecule has 6 heteroatoms. The first-order valence-corrected chi connectivity index (χ1v) is 8.57. The van der Waals surface area contributed by atoms with E-state index < -0.39 is 0 Å². The number of para-hydroxylation sites is 1. The minimum Gasteiger partial charge on any atom is -0.493 e. The number of nitrogens with one attached hydrogen (secondary N) is 1. The molecule has 0 radical (unpaired) electrons. The molecule has 22 heavy (non-hydrogen) atoms. The molecule has 0 spiro atoms. The van der Waals surface area contributed by atoms with Gasteiger partial charge in [-0.3, -0.25) is 4.79 Å². The summed E-state index contributed by atoms with van der Waals surface area (Å²) in [5, 5.41) is 3.66. The maximum absolute atomic E-state index is 11.8. The van der Waals surface area contributed by atoms with Gasteiger partial charge in [0.25, 0.3) is 0 Å². The maximum atomic E-state index is 11.8. The lowest BCUT2D eigenvalue weighted by Gasteiger charge is -2.07. The van der Waals surface area contributed by atoms with Gasteiger partial charge in [0.15, 0.2) is 0 Å². The number of carbonyl (C=O) groups is 1. The van der Waals surface area contributed by atoms with E-state index in [-0.39, 0.29) is 5.91 Å². The highest BCUT2D eigenvalue weighted by molar-refractivity contribution is 7.99. The Morgan fingerprint density at radius 1 is 1.09 bits per heavy atom. The minimum atomic E-state index is -0.0805. The van der Waals surface area contributed by atoms with Gasteiger partial charge >= 0.3 is 0 Å². The average Bonchev–Trinajstić information content (AvgIpc) is 2.52. The first-order chi connectivity index (χ1) is 10.6. The predicted molar refractivity (Wildman–Crippen MR) is 94.4 cm³/mol. The van der Waals surface area contributed by atoms with Gasteiger partial charge < -0.3 is 10.1 Å². The zero-order valence-corrected chi connectivity index (χ0v) is 14.0. The lowest BCUT2D eigenvalue weighted by Crippen LogP contribution is -2.15. The summed E-state index contributed by atoms with van der Waals surface area (Å²) in [5.41, 5.74) is 0.639. The van der Waals surface area contributed by atoms with Crippen LogP contribution in [0.15, 0.2) is 48.5 Å². The van der Waals surface area contributed by atoms with Crippen LogP contribution in [0.1, 0.15) is 0 Å². The van der Waals surface area contributed by atoms with Gasteiger partial charge in [-0.15, -0.1) is 11.8 Å². The Labute approximate surface area is 144 Å². The molecule has 0 heterocycles. The van der Waals surface area contributed by atoms with Crippen LogP contribution < -0.4 is 10.1 Å². The third-order valence-corrected chi connectivity index (χ3v) is 4.34. The van der Waals surface area contributed by atoms with E-state index in [2.05, 4.69) is 5.32 Å². The second kappa shape index (κ2) is 8.93. The van der Waals surface area contributed by atoms with Crippen molar-refractivity contribution >= 4 is 46.6 Å². The van der Waals surface area contributed by atoms with Crippen LogP contribution in [0.25, 0.3) is 0 Å². The van der Waals surface area contributed by atoms with Crippen LogP contribution >= 0.6 is 35.0 Å². The van der Waals surface area contributed by atoms with Gasteiger partial charge in [-0.25, -0.2) is 0 Å². The molecule has 1 amide bonds. The van der Waals surface area contributed by atoms with Gasteiger partial charge in [0.2, 0.25) is 5.91 Å². The molecule has 3 nitrogen and oxygen atoms in total. The molecule has 2 aromatic carbocycles. The maximum Gasteiger partial charge on any atom is 0.234 e. The number of thioether (sulfide) groups is 1. The molecule has 0 atom stereocenters. The Morgan fingerprint density at radius 3 is 2.59 bits per heavy atom. The van der Waals surface area contributed by atoms with E-state index in [4.69, 9.17) is 27.9 Å². The summed E-state index contributed by atoms with van der Waals surface area (Å²) in [4.78, 5) is 11.8. The molecule has 0 aliphatic carbocycles. The summed E-state index contributed by atoms with van der Waals surface area (Å²) in [7, 11) is 0. The second-order valence-corrected chi connectivity index (χ2v) is 6.31. The number of hydrogen-bond donors (Lipinski definition) is 1. The summed E-state index contributed by atoms with van der Waals surface area (Å²) in [6.07, 6.45) is 0. The van der Waals surface area contributed by atoms with Crippen LogP contribution in [0.5, 0.6) is 5.75 Å². The van der Waals surface area contributed by atoms with Crippen molar-refractivity contribution in [3.8, 4) is 5.75 Å². The summed E-state index contributed by atoms with van der Waals surface area (Å²) < 4.78 is 5.55. The van der Waals surface area contributed by atoms with Gasteiger partial charge in [0.05, 0.1) is 22.4 Å². The number of halogens is 2. The van der Waals surface area contributed by atoms with Crippen LogP contribution in [0.3, 0.4) is 0 Å². The number of amides is 1. The fourth-order valence-electron chi connectivity index (χ4n) is 1.67. The van der Waals surface area contributed by atoms with Crippen molar-refractivity contribution in [2.24, 2.45) is 0 Å². The van der Waals surface area contributed by atoms with Crippen molar-refractivity contribution in [2.45, 2.75) is 0 Å². The highest BCUT2D eigenvalue weighted by atomic mass is 35.5. The molecule has 0 fully saturated rings. The Kier molecular flexibility index (Phi) is 6.90. The van der Waals surface area contributed by atoms with Gasteiger partial charge in [-0.1, -0.05) is 41.4 Å². The van der Waals surface area contributed by atoms with E-state index in [0.29, 0.717) is 28.1 Å². The highest BCUT2D eigenvalue weighted by Gasteiger charge is 2.05. The fraction of sp³-hybridized carbons (Fsp3) is 0.188. The number of anilines is 1. The number of ether oxygens (including phenoxy) is 1. The summed E-state index contributed by atoms with van der Waals surface area (Å²) >= 11 is 13.2. The van der Waals surface area contributed by atoms with Crippen molar-refractivity contribution in [2.75, 3.05) is 23.4 Å². The fourth-order valence-corrected chi connectivity index (χ4v) is 2.57. The van der Waals surface area contributed by atoms with E-state index in [0.717, 1.165) is 11.5 Å². The monoisotopic (exact) mass is 355 g/mol. The lowest BCUT2D eigenvalue weighted by atomic mass is 10.3. The predicted octanol–water partition coefficient (Wildman–Crippen LogP) is 4.74. The Bertz CT molecular complexity index is 623. The normalized spacial score (nSPS) is 10.3. The molecule has 116 valence electrons. The van der Waals surface area contributed by atoms with E-state index in [1.807, 2.05) is 30.3 Å². The molecule has 0 aliphatic heterocycles. The van der Waals surface area contributed by atoms with E-state index in [1.54, 1.807) is 18.2 Å². The van der Waals surface area contributed by atoms with Crippen LogP contribution in [-0.4, -0.2) is 24.0 Å². The molecule has 2 aromatic rings. The van der Waals surface area contributed by atoms with Gasteiger partial charge in [0, 0.05) is 11.4 Å². The van der Waals surface area contributed by atoms with Crippen molar-refractivity contribution in [1.82, 2.24) is 0 Å². The molecule has 0 aromatic heterocycles. The quantitative estimate of drug-likeness (QED) is 0.728. The molecular weight excluding hydrogens is 341 g/mol. The van der Waals surface area contributed by atoms with Crippen molar-refractivity contribution in [3.63, 3.8) is 0 Å². The zero-order valence-electron chi connectivity index (χ0n) is 11.7. The molecule has 1 N–H and O–H groups in total. The molecule has 0 saturated carbocycles. The van der Waals surface area contributed by atoms with E-state index >= 15 is 0 Å². The Balaban J connectivity index is 1.64. The molecule has 0 unspecified atom stereocenters. The summed E-state index contributed by atoms with van der Waals surface area (Å²) in [6.45, 7) is 0.564. The number of rotatable bonds is 7. The van der Waals surface area contributed by atoms with E-state index in [1.165, 1.54) is 11.8 Å². The third kappa shape index (κ3) is 5.79. The number of carbonyl (C=O) groups excluding carboxylic acids is 1. The van der Waals surface area contributed by atoms with Crippen LogP contribution in [-0.2, 0) is 4.79 Å². The Morgan fingerprint density at radius 2 is 1.86 bits per heavy atom.